The highest BCUT2D eigenvalue weighted by Crippen LogP contribution is 2.41. The van der Waals surface area contributed by atoms with E-state index in [9.17, 15) is 9.90 Å². The Kier molecular flexibility index (Phi) is 2.98. The molecule has 15 heavy (non-hydrogen) atoms. The second-order valence-corrected chi connectivity index (χ2v) is 4.52. The number of likely N-dealkylation sites (tertiary alicyclic amines) is 1. The van der Waals surface area contributed by atoms with Gasteiger partial charge in [-0.15, -0.1) is 0 Å². The third-order valence-corrected chi connectivity index (χ3v) is 3.64. The molecule has 2 aliphatic rings. The minimum atomic E-state index is -0.666. The van der Waals surface area contributed by atoms with E-state index in [-0.39, 0.29) is 6.10 Å². The van der Waals surface area contributed by atoms with Gasteiger partial charge in [-0.2, -0.15) is 0 Å². The van der Waals surface area contributed by atoms with Gasteiger partial charge in [0.2, 0.25) is 0 Å². The number of carboxylic acids is 1. The molecule has 0 radical (unpaired) electrons. The second kappa shape index (κ2) is 4.10. The van der Waals surface area contributed by atoms with Crippen molar-refractivity contribution in [3.63, 3.8) is 0 Å². The number of rotatable bonds is 4. The van der Waals surface area contributed by atoms with Crippen molar-refractivity contribution in [3.05, 3.63) is 0 Å². The van der Waals surface area contributed by atoms with Crippen LogP contribution in [-0.4, -0.2) is 47.3 Å². The summed E-state index contributed by atoms with van der Waals surface area (Å²) in [6, 6.07) is 0. The molecule has 86 valence electrons. The summed E-state index contributed by atoms with van der Waals surface area (Å²) >= 11 is 0. The molecule has 4 nitrogen and oxygen atoms in total. The first-order valence-electron chi connectivity index (χ1n) is 5.79. The Morgan fingerprint density at radius 1 is 1.47 bits per heavy atom. The fraction of sp³-hybridized carbons (Fsp3) is 0.909. The zero-order chi connectivity index (χ0) is 10.9. The molecule has 0 amide bonds. The van der Waals surface area contributed by atoms with Crippen LogP contribution >= 0.6 is 0 Å². The molecular formula is C11H19NO3. The SMILES string of the molecule is CCOC1CC(C(=O)O)(N2CCCC2)C1. The lowest BCUT2D eigenvalue weighted by molar-refractivity contribution is -0.171. The van der Waals surface area contributed by atoms with Crippen molar-refractivity contribution in [2.75, 3.05) is 19.7 Å². The Labute approximate surface area is 90.2 Å². The van der Waals surface area contributed by atoms with Gasteiger partial charge in [-0.3, -0.25) is 9.69 Å². The molecule has 0 unspecified atom stereocenters. The van der Waals surface area contributed by atoms with E-state index in [4.69, 9.17) is 4.74 Å². The van der Waals surface area contributed by atoms with E-state index >= 15 is 0 Å². The van der Waals surface area contributed by atoms with Gasteiger partial charge in [-0.1, -0.05) is 0 Å². The number of nitrogens with zero attached hydrogens (tertiary/aromatic N) is 1. The van der Waals surface area contributed by atoms with Crippen LogP contribution in [0.4, 0.5) is 0 Å². The average molecular weight is 213 g/mol. The molecule has 0 spiro atoms. The van der Waals surface area contributed by atoms with Crippen LogP contribution in [0.1, 0.15) is 32.6 Å². The molecular weight excluding hydrogens is 194 g/mol. The summed E-state index contributed by atoms with van der Waals surface area (Å²) in [5, 5.41) is 9.33. The molecule has 0 aromatic carbocycles. The average Bonchev–Trinajstić information content (AvgIpc) is 2.62. The monoisotopic (exact) mass is 213 g/mol. The molecule has 2 fully saturated rings. The fourth-order valence-corrected chi connectivity index (χ4v) is 2.76. The number of hydrogen-bond donors (Lipinski definition) is 1. The molecule has 1 saturated carbocycles. The molecule has 0 aromatic heterocycles. The summed E-state index contributed by atoms with van der Waals surface area (Å²) in [7, 11) is 0. The van der Waals surface area contributed by atoms with Crippen LogP contribution in [0.25, 0.3) is 0 Å². The Hall–Kier alpha value is -0.610. The van der Waals surface area contributed by atoms with Crippen molar-refractivity contribution in [2.45, 2.75) is 44.2 Å². The van der Waals surface area contributed by atoms with Gasteiger partial charge in [0.1, 0.15) is 5.54 Å². The largest absolute Gasteiger partial charge is 0.480 e. The van der Waals surface area contributed by atoms with Gasteiger partial charge in [0, 0.05) is 19.4 Å². The second-order valence-electron chi connectivity index (χ2n) is 4.52. The Balaban J connectivity index is 1.98. The maximum Gasteiger partial charge on any atom is 0.324 e. The van der Waals surface area contributed by atoms with Crippen LogP contribution in [0, 0.1) is 0 Å². The van der Waals surface area contributed by atoms with E-state index in [1.165, 1.54) is 0 Å². The van der Waals surface area contributed by atoms with Crippen molar-refractivity contribution in [1.29, 1.82) is 0 Å². The van der Waals surface area contributed by atoms with Crippen molar-refractivity contribution in [3.8, 4) is 0 Å². The fourth-order valence-electron chi connectivity index (χ4n) is 2.76. The maximum absolute atomic E-state index is 11.3. The van der Waals surface area contributed by atoms with Crippen molar-refractivity contribution < 1.29 is 14.6 Å². The summed E-state index contributed by atoms with van der Waals surface area (Å²) in [5.41, 5.74) is -0.601. The number of hydrogen-bond acceptors (Lipinski definition) is 3. The van der Waals surface area contributed by atoms with Crippen molar-refractivity contribution >= 4 is 5.97 Å². The zero-order valence-electron chi connectivity index (χ0n) is 9.24. The van der Waals surface area contributed by atoms with Gasteiger partial charge in [-0.25, -0.2) is 0 Å². The molecule has 1 heterocycles. The van der Waals surface area contributed by atoms with Gasteiger partial charge in [0.05, 0.1) is 6.10 Å². The highest BCUT2D eigenvalue weighted by molar-refractivity contribution is 5.80. The van der Waals surface area contributed by atoms with Crippen LogP contribution < -0.4 is 0 Å². The first kappa shape index (κ1) is 10.9. The molecule has 4 heteroatoms. The van der Waals surface area contributed by atoms with E-state index in [0.717, 1.165) is 25.9 Å². The van der Waals surface area contributed by atoms with Crippen molar-refractivity contribution in [2.24, 2.45) is 0 Å². The predicted octanol–water partition coefficient (Wildman–Crippen LogP) is 1.10. The number of aliphatic carboxylic acids is 1. The summed E-state index contributed by atoms with van der Waals surface area (Å²) in [4.78, 5) is 13.5. The lowest BCUT2D eigenvalue weighted by atomic mass is 9.73. The van der Waals surface area contributed by atoms with Crippen LogP contribution in [0.3, 0.4) is 0 Å². The third-order valence-electron chi connectivity index (χ3n) is 3.64. The van der Waals surface area contributed by atoms with E-state index in [2.05, 4.69) is 4.90 Å². The lowest BCUT2D eigenvalue weighted by Gasteiger charge is -2.49. The summed E-state index contributed by atoms with van der Waals surface area (Å²) < 4.78 is 5.45. The van der Waals surface area contributed by atoms with Crippen LogP contribution in [0.15, 0.2) is 0 Å². The molecule has 0 bridgehead atoms. The van der Waals surface area contributed by atoms with E-state index in [0.29, 0.717) is 19.4 Å². The maximum atomic E-state index is 11.3. The third kappa shape index (κ3) is 1.76. The molecule has 0 aromatic rings. The Morgan fingerprint density at radius 3 is 2.53 bits per heavy atom. The zero-order valence-corrected chi connectivity index (χ0v) is 9.24. The summed E-state index contributed by atoms with van der Waals surface area (Å²) in [6.45, 7) is 4.51. The van der Waals surface area contributed by atoms with E-state index in [1.54, 1.807) is 0 Å². The summed E-state index contributed by atoms with van der Waals surface area (Å²) in [5.74, 6) is -0.666. The van der Waals surface area contributed by atoms with Gasteiger partial charge in [-0.05, 0) is 32.9 Å². The van der Waals surface area contributed by atoms with Gasteiger partial charge >= 0.3 is 5.97 Å². The minimum absolute atomic E-state index is 0.159. The van der Waals surface area contributed by atoms with Crippen LogP contribution in [-0.2, 0) is 9.53 Å². The van der Waals surface area contributed by atoms with Gasteiger partial charge < -0.3 is 9.84 Å². The normalized spacial score (nSPS) is 36.5. The molecule has 2 rings (SSSR count). The van der Waals surface area contributed by atoms with Crippen LogP contribution in [0.5, 0.6) is 0 Å². The molecule has 0 atom stereocenters. The van der Waals surface area contributed by atoms with Crippen LogP contribution in [0.2, 0.25) is 0 Å². The molecule has 1 saturated heterocycles. The molecule has 1 N–H and O–H groups in total. The topological polar surface area (TPSA) is 49.8 Å². The number of carboxylic acid groups (broad SMARTS) is 1. The number of carbonyl (C=O) groups is 1. The Bertz CT molecular complexity index is 242. The van der Waals surface area contributed by atoms with E-state index < -0.39 is 11.5 Å². The highest BCUT2D eigenvalue weighted by Gasteiger charge is 2.55. The smallest absolute Gasteiger partial charge is 0.324 e. The highest BCUT2D eigenvalue weighted by atomic mass is 16.5. The number of ether oxygens (including phenoxy) is 1. The van der Waals surface area contributed by atoms with Gasteiger partial charge in [0.15, 0.2) is 0 Å². The summed E-state index contributed by atoms with van der Waals surface area (Å²) in [6.07, 6.45) is 3.75. The first-order valence-corrected chi connectivity index (χ1v) is 5.79. The molecule has 1 aliphatic heterocycles. The quantitative estimate of drug-likeness (QED) is 0.760. The standard InChI is InChI=1S/C11H19NO3/c1-2-15-9-7-11(8-9,10(13)14)12-5-3-4-6-12/h9H,2-8H2,1H3,(H,13,14). The predicted molar refractivity (Wildman–Crippen MR) is 55.8 cm³/mol. The Morgan fingerprint density at radius 2 is 2.07 bits per heavy atom. The first-order chi connectivity index (χ1) is 7.19. The van der Waals surface area contributed by atoms with Gasteiger partial charge in [0.25, 0.3) is 0 Å². The lowest BCUT2D eigenvalue weighted by Crippen LogP contribution is -2.64. The van der Waals surface area contributed by atoms with Crippen molar-refractivity contribution in [1.82, 2.24) is 4.90 Å². The molecule has 1 aliphatic carbocycles. The minimum Gasteiger partial charge on any atom is -0.480 e. The van der Waals surface area contributed by atoms with E-state index in [1.807, 2.05) is 6.92 Å².